The molecule has 4 N–H and O–H groups in total. The third-order valence-electron chi connectivity index (χ3n) is 7.90. The average molecular weight is 654 g/mol. The summed E-state index contributed by atoms with van der Waals surface area (Å²) in [5.41, 5.74) is 2.87. The zero-order valence-corrected chi connectivity index (χ0v) is 26.3. The maximum Gasteiger partial charge on any atom is 0.335 e. The van der Waals surface area contributed by atoms with Gasteiger partial charge in [-0.25, -0.2) is 14.4 Å². The zero-order chi connectivity index (χ0) is 34.2. The van der Waals surface area contributed by atoms with Crippen molar-refractivity contribution >= 4 is 35.3 Å². The van der Waals surface area contributed by atoms with Crippen LogP contribution in [0, 0.1) is 6.92 Å². The van der Waals surface area contributed by atoms with Gasteiger partial charge in [0.1, 0.15) is 23.3 Å². The summed E-state index contributed by atoms with van der Waals surface area (Å²) in [5.74, 6) is -1.27. The molecule has 248 valence electrons. The Labute approximate surface area is 276 Å². The third-order valence-corrected chi connectivity index (χ3v) is 7.90. The zero-order valence-electron chi connectivity index (χ0n) is 26.3. The molecule has 0 radical (unpaired) electrons. The average Bonchev–Trinajstić information content (AvgIpc) is 3.57. The number of hydrogen-bond donors (Lipinski definition) is 4. The van der Waals surface area contributed by atoms with Gasteiger partial charge in [0, 0.05) is 12.2 Å². The molecule has 1 heterocycles. The fraction of sp³-hybridized carbons (Fsp3) is 0.222. The SMILES string of the molecule is COc1cc(CC(=O)N2CCC[C@H]2C(Oc2ccc(C(=O)O)cc2)Oc2ccc(C(=O)O)cc2)ccc1NC(=O)Nc1ccccc1C. The van der Waals surface area contributed by atoms with Gasteiger partial charge in [0.15, 0.2) is 0 Å². The lowest BCUT2D eigenvalue weighted by Gasteiger charge is -2.32. The Morgan fingerprint density at radius 3 is 1.96 bits per heavy atom. The number of likely N-dealkylation sites (tertiary alicyclic amines) is 1. The number of nitrogens with one attached hydrogen (secondary N) is 2. The Morgan fingerprint density at radius 1 is 0.812 bits per heavy atom. The fourth-order valence-electron chi connectivity index (χ4n) is 5.40. The number of carboxylic acids is 2. The number of carboxylic acid groups (broad SMARTS) is 2. The van der Waals surface area contributed by atoms with Crippen LogP contribution >= 0.6 is 0 Å². The van der Waals surface area contributed by atoms with E-state index in [1.807, 2.05) is 25.1 Å². The third kappa shape index (κ3) is 8.21. The lowest BCUT2D eigenvalue weighted by atomic mass is 10.1. The van der Waals surface area contributed by atoms with E-state index in [1.54, 1.807) is 29.2 Å². The van der Waals surface area contributed by atoms with Crippen LogP contribution in [0.2, 0.25) is 0 Å². The monoisotopic (exact) mass is 653 g/mol. The minimum absolute atomic E-state index is 0.0376. The first-order valence-electron chi connectivity index (χ1n) is 15.2. The number of benzene rings is 4. The first-order valence-corrected chi connectivity index (χ1v) is 15.2. The quantitative estimate of drug-likeness (QED) is 0.133. The van der Waals surface area contributed by atoms with Crippen LogP contribution in [0.4, 0.5) is 16.2 Å². The molecule has 0 saturated carbocycles. The standard InChI is InChI=1S/C36H35N3O9/c1-22-6-3-4-7-28(22)37-36(45)38-29-18-9-23(20-31(29)46-2)21-32(40)39-19-5-8-30(39)35(47-26-14-10-24(11-15-26)33(41)42)48-27-16-12-25(13-17-27)34(43)44/h3-4,6-7,9-18,20,30,35H,5,8,19,21H2,1-2H3,(H,41,42)(H,43,44)(H2,37,38,45)/t30-/m0/s1. The van der Waals surface area contributed by atoms with E-state index in [0.29, 0.717) is 53.6 Å². The number of carbonyl (C=O) groups excluding carboxylic acids is 2. The number of methoxy groups -OCH3 is 1. The van der Waals surface area contributed by atoms with Crippen molar-refractivity contribution in [1.29, 1.82) is 0 Å². The number of ether oxygens (including phenoxy) is 3. The first kappa shape index (κ1) is 33.3. The van der Waals surface area contributed by atoms with E-state index in [2.05, 4.69) is 10.6 Å². The number of amides is 3. The molecule has 4 aromatic carbocycles. The predicted octanol–water partition coefficient (Wildman–Crippen LogP) is 6.06. The van der Waals surface area contributed by atoms with E-state index in [4.69, 9.17) is 14.2 Å². The summed E-state index contributed by atoms with van der Waals surface area (Å²) in [7, 11) is 1.48. The molecule has 1 aliphatic heterocycles. The number of urea groups is 1. The van der Waals surface area contributed by atoms with Crippen molar-refractivity contribution in [3.63, 3.8) is 0 Å². The summed E-state index contributed by atoms with van der Waals surface area (Å²) in [6, 6.07) is 23.3. The second-order valence-electron chi connectivity index (χ2n) is 11.2. The van der Waals surface area contributed by atoms with E-state index in [0.717, 1.165) is 5.56 Å². The van der Waals surface area contributed by atoms with Crippen molar-refractivity contribution in [2.24, 2.45) is 0 Å². The van der Waals surface area contributed by atoms with Crippen LogP contribution in [-0.2, 0) is 11.2 Å². The Kier molecular flexibility index (Phi) is 10.4. The summed E-state index contributed by atoms with van der Waals surface area (Å²) in [6.45, 7) is 2.35. The topological polar surface area (TPSA) is 164 Å². The van der Waals surface area contributed by atoms with Crippen LogP contribution < -0.4 is 24.8 Å². The molecular formula is C36H35N3O9. The van der Waals surface area contributed by atoms with Crippen LogP contribution in [0.15, 0.2) is 91.0 Å². The highest BCUT2D eigenvalue weighted by molar-refractivity contribution is 6.01. The molecule has 0 unspecified atom stereocenters. The van der Waals surface area contributed by atoms with E-state index in [-0.39, 0.29) is 23.5 Å². The molecule has 0 aromatic heterocycles. The highest BCUT2D eigenvalue weighted by Crippen LogP contribution is 2.30. The van der Waals surface area contributed by atoms with E-state index in [9.17, 15) is 29.4 Å². The van der Waals surface area contributed by atoms with Crippen molar-refractivity contribution in [1.82, 2.24) is 4.90 Å². The van der Waals surface area contributed by atoms with Gasteiger partial charge >= 0.3 is 18.0 Å². The molecule has 5 rings (SSSR count). The van der Waals surface area contributed by atoms with Crippen molar-refractivity contribution in [3.8, 4) is 17.2 Å². The molecule has 0 bridgehead atoms. The Hall–Kier alpha value is -6.04. The van der Waals surface area contributed by atoms with Gasteiger partial charge in [-0.05, 0) is 97.6 Å². The van der Waals surface area contributed by atoms with Crippen LogP contribution in [0.5, 0.6) is 17.2 Å². The van der Waals surface area contributed by atoms with Gasteiger partial charge in [-0.2, -0.15) is 0 Å². The van der Waals surface area contributed by atoms with Gasteiger partial charge in [-0.15, -0.1) is 0 Å². The van der Waals surface area contributed by atoms with E-state index in [1.165, 1.54) is 55.6 Å². The molecule has 12 heteroatoms. The molecule has 1 fully saturated rings. The van der Waals surface area contributed by atoms with Crippen LogP contribution in [0.3, 0.4) is 0 Å². The first-order chi connectivity index (χ1) is 23.1. The van der Waals surface area contributed by atoms with Crippen molar-refractivity contribution in [2.75, 3.05) is 24.3 Å². The van der Waals surface area contributed by atoms with Gasteiger partial charge in [0.25, 0.3) is 6.29 Å². The second-order valence-corrected chi connectivity index (χ2v) is 11.2. The number of aromatic carboxylic acids is 2. The minimum atomic E-state index is -1.08. The number of aryl methyl sites for hydroxylation is 1. The van der Waals surface area contributed by atoms with E-state index < -0.39 is 30.3 Å². The Bertz CT molecular complexity index is 1730. The van der Waals surface area contributed by atoms with Crippen LogP contribution in [0.25, 0.3) is 0 Å². The van der Waals surface area contributed by atoms with Gasteiger partial charge in [0.2, 0.25) is 5.91 Å². The normalized spacial score (nSPS) is 13.9. The molecule has 4 aromatic rings. The van der Waals surface area contributed by atoms with Crippen molar-refractivity contribution in [2.45, 2.75) is 38.5 Å². The highest BCUT2D eigenvalue weighted by Gasteiger charge is 2.38. The Balaban J connectivity index is 1.31. The second kappa shape index (κ2) is 15.0. The predicted molar refractivity (Wildman–Crippen MR) is 177 cm³/mol. The van der Waals surface area contributed by atoms with Gasteiger partial charge in [-0.3, -0.25) is 4.79 Å². The number of anilines is 2. The number of nitrogens with zero attached hydrogens (tertiary/aromatic N) is 1. The van der Waals surface area contributed by atoms with Gasteiger partial charge < -0.3 is 40.0 Å². The molecule has 12 nitrogen and oxygen atoms in total. The molecule has 1 saturated heterocycles. The van der Waals surface area contributed by atoms with Crippen LogP contribution in [0.1, 0.15) is 44.7 Å². The lowest BCUT2D eigenvalue weighted by molar-refractivity contribution is -0.137. The fourth-order valence-corrected chi connectivity index (χ4v) is 5.40. The molecule has 1 aliphatic rings. The number of rotatable bonds is 12. The maximum atomic E-state index is 13.7. The molecular weight excluding hydrogens is 618 g/mol. The summed E-state index contributed by atoms with van der Waals surface area (Å²) in [5, 5.41) is 24.2. The molecule has 0 spiro atoms. The highest BCUT2D eigenvalue weighted by atomic mass is 16.7. The number of hydrogen-bond acceptors (Lipinski definition) is 7. The molecule has 3 amide bonds. The van der Waals surface area contributed by atoms with E-state index >= 15 is 0 Å². The smallest absolute Gasteiger partial charge is 0.335 e. The summed E-state index contributed by atoms with van der Waals surface area (Å²) in [6.07, 6.45) is 0.308. The summed E-state index contributed by atoms with van der Waals surface area (Å²) >= 11 is 0. The molecule has 1 atom stereocenters. The maximum absolute atomic E-state index is 13.7. The summed E-state index contributed by atoms with van der Waals surface area (Å²) < 4.78 is 17.9. The number of para-hydroxylation sites is 1. The largest absolute Gasteiger partial charge is 0.495 e. The van der Waals surface area contributed by atoms with Crippen molar-refractivity contribution in [3.05, 3.63) is 113 Å². The van der Waals surface area contributed by atoms with Crippen molar-refractivity contribution < 1.29 is 43.6 Å². The summed E-state index contributed by atoms with van der Waals surface area (Å²) in [4.78, 5) is 50.8. The molecule has 48 heavy (non-hydrogen) atoms. The van der Waals surface area contributed by atoms with Crippen LogP contribution in [-0.4, -0.2) is 65.0 Å². The van der Waals surface area contributed by atoms with Gasteiger partial charge in [0.05, 0.1) is 30.3 Å². The lowest BCUT2D eigenvalue weighted by Crippen LogP contribution is -2.48. The Morgan fingerprint density at radius 2 is 1.40 bits per heavy atom. The number of carbonyl (C=O) groups is 4. The molecule has 0 aliphatic carbocycles. The minimum Gasteiger partial charge on any atom is -0.495 e. The van der Waals surface area contributed by atoms with Gasteiger partial charge in [-0.1, -0.05) is 24.3 Å².